The van der Waals surface area contributed by atoms with Gasteiger partial charge in [-0.3, -0.25) is 4.31 Å². The zero-order valence-corrected chi connectivity index (χ0v) is 10.4. The molecule has 0 aromatic heterocycles. The maximum Gasteiger partial charge on any atom is 0.235 e. The third-order valence-corrected chi connectivity index (χ3v) is 4.51. The van der Waals surface area contributed by atoms with E-state index in [0.29, 0.717) is 18.7 Å². The minimum absolute atomic E-state index is 0.0979. The molecule has 0 saturated carbocycles. The molecule has 4 nitrogen and oxygen atoms in total. The highest BCUT2D eigenvalue weighted by molar-refractivity contribution is 7.93. The Hall–Kier alpha value is -1.58. The molecule has 0 spiro atoms. The number of aliphatic hydroxyl groups excluding tert-OH is 1. The number of benzene rings is 1. The molecule has 0 amide bonds. The van der Waals surface area contributed by atoms with E-state index >= 15 is 0 Å². The van der Waals surface area contributed by atoms with Gasteiger partial charge in [-0.25, -0.2) is 12.8 Å². The molecule has 1 aromatic rings. The van der Waals surface area contributed by atoms with Crippen molar-refractivity contribution in [2.75, 3.05) is 23.2 Å². The van der Waals surface area contributed by atoms with Gasteiger partial charge in [0, 0.05) is 6.54 Å². The number of anilines is 1. The van der Waals surface area contributed by atoms with Crippen molar-refractivity contribution in [2.45, 2.75) is 6.42 Å². The van der Waals surface area contributed by atoms with E-state index in [9.17, 15) is 12.8 Å². The summed E-state index contributed by atoms with van der Waals surface area (Å²) >= 11 is 0. The van der Waals surface area contributed by atoms with Gasteiger partial charge in [-0.2, -0.15) is 0 Å². The van der Waals surface area contributed by atoms with Crippen molar-refractivity contribution in [2.24, 2.45) is 0 Å². The van der Waals surface area contributed by atoms with E-state index in [4.69, 9.17) is 5.11 Å². The largest absolute Gasteiger partial charge is 0.384 e. The Morgan fingerprint density at radius 3 is 2.78 bits per heavy atom. The van der Waals surface area contributed by atoms with Crippen molar-refractivity contribution in [1.82, 2.24) is 0 Å². The summed E-state index contributed by atoms with van der Waals surface area (Å²) in [5.41, 5.74) is 0.462. The topological polar surface area (TPSA) is 57.6 Å². The minimum Gasteiger partial charge on any atom is -0.384 e. The molecule has 2 rings (SSSR count). The van der Waals surface area contributed by atoms with Crippen LogP contribution in [0, 0.1) is 17.7 Å². The highest BCUT2D eigenvalue weighted by atomic mass is 32.2. The number of hydrogen-bond acceptors (Lipinski definition) is 3. The maximum atomic E-state index is 13.7. The Labute approximate surface area is 105 Å². The van der Waals surface area contributed by atoms with Crippen LogP contribution in [0.15, 0.2) is 18.2 Å². The first kappa shape index (κ1) is 12.9. The van der Waals surface area contributed by atoms with E-state index in [2.05, 4.69) is 11.8 Å². The van der Waals surface area contributed by atoms with Gasteiger partial charge in [0.15, 0.2) is 0 Å². The van der Waals surface area contributed by atoms with Crippen LogP contribution >= 0.6 is 0 Å². The monoisotopic (exact) mass is 269 g/mol. The van der Waals surface area contributed by atoms with Crippen molar-refractivity contribution in [1.29, 1.82) is 0 Å². The third-order valence-electron chi connectivity index (χ3n) is 2.64. The molecule has 1 heterocycles. The molecule has 0 unspecified atom stereocenters. The van der Waals surface area contributed by atoms with Crippen LogP contribution in [0.3, 0.4) is 0 Å². The molecule has 96 valence electrons. The molecular formula is C12H12FNO3S. The predicted octanol–water partition coefficient (Wildman–Crippen LogP) is 0.709. The number of sulfonamides is 1. The molecule has 1 aliphatic rings. The highest BCUT2D eigenvalue weighted by Gasteiger charge is 2.28. The van der Waals surface area contributed by atoms with E-state index in [1.807, 2.05) is 0 Å². The molecule has 1 saturated heterocycles. The first-order valence-corrected chi connectivity index (χ1v) is 7.05. The van der Waals surface area contributed by atoms with Crippen molar-refractivity contribution >= 4 is 15.7 Å². The second kappa shape index (κ2) is 4.96. The molecule has 1 aromatic carbocycles. The van der Waals surface area contributed by atoms with Crippen molar-refractivity contribution in [3.05, 3.63) is 29.6 Å². The van der Waals surface area contributed by atoms with Crippen molar-refractivity contribution in [3.63, 3.8) is 0 Å². The smallest absolute Gasteiger partial charge is 0.235 e. The SMILES string of the molecule is O=S1(=O)CCCN1c1ccc(C#CCO)c(F)c1. The van der Waals surface area contributed by atoms with E-state index in [1.54, 1.807) is 0 Å². The molecule has 1 aliphatic heterocycles. The Kier molecular flexibility index (Phi) is 3.55. The van der Waals surface area contributed by atoms with Crippen LogP contribution in [0.1, 0.15) is 12.0 Å². The normalized spacial score (nSPS) is 17.3. The van der Waals surface area contributed by atoms with E-state index < -0.39 is 15.8 Å². The summed E-state index contributed by atoms with van der Waals surface area (Å²) < 4.78 is 38.2. The van der Waals surface area contributed by atoms with Crippen molar-refractivity contribution in [3.8, 4) is 11.8 Å². The minimum atomic E-state index is -3.30. The summed E-state index contributed by atoms with van der Waals surface area (Å²) in [7, 11) is -3.30. The van der Waals surface area contributed by atoms with Gasteiger partial charge in [-0.1, -0.05) is 11.8 Å². The fourth-order valence-corrected chi connectivity index (χ4v) is 3.38. The fraction of sp³-hybridized carbons (Fsp3) is 0.333. The second-order valence-electron chi connectivity index (χ2n) is 3.87. The first-order chi connectivity index (χ1) is 8.54. The molecule has 0 aliphatic carbocycles. The van der Waals surface area contributed by atoms with Gasteiger partial charge >= 0.3 is 0 Å². The Balaban J connectivity index is 2.35. The Morgan fingerprint density at radius 2 is 2.22 bits per heavy atom. The lowest BCUT2D eigenvalue weighted by molar-refractivity contribution is 0.350. The summed E-state index contributed by atoms with van der Waals surface area (Å²) in [6.45, 7) is 0.0329. The number of aliphatic hydroxyl groups is 1. The van der Waals surface area contributed by atoms with Crippen LogP contribution < -0.4 is 4.31 Å². The van der Waals surface area contributed by atoms with Gasteiger partial charge in [0.2, 0.25) is 10.0 Å². The number of nitrogens with zero attached hydrogens (tertiary/aromatic N) is 1. The van der Waals surface area contributed by atoms with Gasteiger partial charge in [0.25, 0.3) is 0 Å². The van der Waals surface area contributed by atoms with E-state index in [1.165, 1.54) is 16.4 Å². The average molecular weight is 269 g/mol. The number of halogens is 1. The zero-order valence-electron chi connectivity index (χ0n) is 9.56. The van der Waals surface area contributed by atoms with Gasteiger partial charge in [-0.05, 0) is 24.6 Å². The van der Waals surface area contributed by atoms with Crippen LogP contribution in [-0.4, -0.2) is 32.4 Å². The molecule has 0 bridgehead atoms. The Morgan fingerprint density at radius 1 is 1.44 bits per heavy atom. The number of hydrogen-bond donors (Lipinski definition) is 1. The van der Waals surface area contributed by atoms with E-state index in [-0.39, 0.29) is 17.9 Å². The predicted molar refractivity (Wildman–Crippen MR) is 66.1 cm³/mol. The van der Waals surface area contributed by atoms with Gasteiger partial charge < -0.3 is 5.11 Å². The molecule has 1 fully saturated rings. The van der Waals surface area contributed by atoms with Gasteiger partial charge in [0.1, 0.15) is 12.4 Å². The molecule has 0 radical (unpaired) electrons. The molecule has 6 heteroatoms. The second-order valence-corrected chi connectivity index (χ2v) is 5.88. The van der Waals surface area contributed by atoms with Crippen LogP contribution in [0.2, 0.25) is 0 Å². The summed E-state index contributed by atoms with van der Waals surface area (Å²) in [6, 6.07) is 4.10. The summed E-state index contributed by atoms with van der Waals surface area (Å²) in [4.78, 5) is 0. The van der Waals surface area contributed by atoms with Crippen LogP contribution in [0.5, 0.6) is 0 Å². The first-order valence-electron chi connectivity index (χ1n) is 5.44. The quantitative estimate of drug-likeness (QED) is 0.764. The maximum absolute atomic E-state index is 13.7. The highest BCUT2D eigenvalue weighted by Crippen LogP contribution is 2.25. The molecule has 18 heavy (non-hydrogen) atoms. The van der Waals surface area contributed by atoms with Crippen LogP contribution in [-0.2, 0) is 10.0 Å². The van der Waals surface area contributed by atoms with Crippen molar-refractivity contribution < 1.29 is 17.9 Å². The van der Waals surface area contributed by atoms with Crippen LogP contribution in [0.25, 0.3) is 0 Å². The standard InChI is InChI=1S/C12H12FNO3S/c13-12-9-11(5-4-10(12)3-1-7-15)14-6-2-8-18(14,16)17/h4-5,9,15H,2,6-8H2. The fourth-order valence-electron chi connectivity index (χ4n) is 1.82. The summed E-state index contributed by atoms with van der Waals surface area (Å²) in [5.74, 6) is 4.31. The van der Waals surface area contributed by atoms with Crippen LogP contribution in [0.4, 0.5) is 10.1 Å². The molecule has 0 atom stereocenters. The van der Waals surface area contributed by atoms with E-state index in [0.717, 1.165) is 6.07 Å². The lowest BCUT2D eigenvalue weighted by atomic mass is 10.2. The average Bonchev–Trinajstić information content (AvgIpc) is 2.67. The lowest BCUT2D eigenvalue weighted by Gasteiger charge is -2.16. The third kappa shape index (κ3) is 2.47. The van der Waals surface area contributed by atoms with Gasteiger partial charge in [-0.15, -0.1) is 0 Å². The summed E-state index contributed by atoms with van der Waals surface area (Å²) in [6.07, 6.45) is 0.552. The molecular weight excluding hydrogens is 257 g/mol. The zero-order chi connectivity index (χ0) is 13.2. The Bertz CT molecular complexity index is 616. The van der Waals surface area contributed by atoms with Gasteiger partial charge in [0.05, 0.1) is 17.0 Å². The number of rotatable bonds is 1. The lowest BCUT2D eigenvalue weighted by Crippen LogP contribution is -2.25. The summed E-state index contributed by atoms with van der Waals surface area (Å²) in [5, 5.41) is 8.53. The molecule has 1 N–H and O–H groups in total.